The maximum absolute atomic E-state index is 13.8. The first kappa shape index (κ1) is 17.4. The summed E-state index contributed by atoms with van der Waals surface area (Å²) >= 11 is 0. The molecule has 1 saturated carbocycles. The summed E-state index contributed by atoms with van der Waals surface area (Å²) in [7, 11) is 1.50. The summed E-state index contributed by atoms with van der Waals surface area (Å²) in [5.41, 5.74) is 0.775. The molecule has 0 saturated heterocycles. The first-order chi connectivity index (χ1) is 12.0. The summed E-state index contributed by atoms with van der Waals surface area (Å²) in [5.74, 6) is 0.181. The van der Waals surface area contributed by atoms with E-state index in [1.807, 2.05) is 6.92 Å². The predicted molar refractivity (Wildman–Crippen MR) is 87.8 cm³/mol. The smallest absolute Gasteiger partial charge is 0.274 e. The van der Waals surface area contributed by atoms with Gasteiger partial charge >= 0.3 is 0 Å². The van der Waals surface area contributed by atoms with Crippen molar-refractivity contribution in [2.75, 3.05) is 7.11 Å². The molecule has 134 valence electrons. The highest BCUT2D eigenvalue weighted by atomic mass is 19.1. The Morgan fingerprint density at radius 2 is 2.28 bits per heavy atom. The number of nitrogens with one attached hydrogen (secondary N) is 1. The Hall–Kier alpha value is -2.41. The molecule has 1 aromatic carbocycles. The molecule has 2 aromatic rings. The van der Waals surface area contributed by atoms with Gasteiger partial charge in [-0.15, -0.1) is 0 Å². The fourth-order valence-corrected chi connectivity index (χ4v) is 3.22. The molecule has 0 spiro atoms. The van der Waals surface area contributed by atoms with Gasteiger partial charge in [-0.2, -0.15) is 0 Å². The third kappa shape index (κ3) is 3.51. The van der Waals surface area contributed by atoms with Gasteiger partial charge in [0, 0.05) is 12.0 Å². The van der Waals surface area contributed by atoms with Crippen molar-refractivity contribution in [3.05, 3.63) is 47.4 Å². The minimum absolute atomic E-state index is 0.00775. The van der Waals surface area contributed by atoms with Crippen molar-refractivity contribution in [3.63, 3.8) is 0 Å². The first-order valence-electron chi connectivity index (χ1n) is 8.28. The van der Waals surface area contributed by atoms with Gasteiger partial charge < -0.3 is 19.6 Å². The minimum atomic E-state index is -0.483. The maximum atomic E-state index is 13.8. The minimum Gasteiger partial charge on any atom is -0.496 e. The molecule has 0 radical (unpaired) electrons. The van der Waals surface area contributed by atoms with Crippen LogP contribution >= 0.6 is 0 Å². The SMILES string of the molecule is CCc1ocnc1C(=O)N[C@H](c1cc(F)ccc1OC)C1CC(O)C1. The number of aromatic nitrogens is 1. The molecule has 1 aliphatic carbocycles. The van der Waals surface area contributed by atoms with Crippen LogP contribution in [0.2, 0.25) is 0 Å². The van der Waals surface area contributed by atoms with Gasteiger partial charge in [-0.3, -0.25) is 4.79 Å². The van der Waals surface area contributed by atoms with Crippen molar-refractivity contribution >= 4 is 5.91 Å². The summed E-state index contributed by atoms with van der Waals surface area (Å²) in [5, 5.41) is 12.6. The van der Waals surface area contributed by atoms with E-state index in [2.05, 4.69) is 10.3 Å². The van der Waals surface area contributed by atoms with Gasteiger partial charge in [0.2, 0.25) is 0 Å². The molecule has 0 aliphatic heterocycles. The predicted octanol–water partition coefficient (Wildman–Crippen LogP) is 2.63. The van der Waals surface area contributed by atoms with E-state index >= 15 is 0 Å². The van der Waals surface area contributed by atoms with E-state index in [-0.39, 0.29) is 17.5 Å². The number of nitrogens with zero attached hydrogens (tertiary/aromatic N) is 1. The zero-order valence-electron chi connectivity index (χ0n) is 14.2. The molecule has 1 amide bonds. The summed E-state index contributed by atoms with van der Waals surface area (Å²) in [6.45, 7) is 1.87. The Balaban J connectivity index is 1.91. The highest BCUT2D eigenvalue weighted by molar-refractivity contribution is 5.93. The van der Waals surface area contributed by atoms with Gasteiger partial charge in [0.05, 0.1) is 19.3 Å². The lowest BCUT2D eigenvalue weighted by molar-refractivity contribution is 0.0230. The topological polar surface area (TPSA) is 84.6 Å². The van der Waals surface area contributed by atoms with Gasteiger partial charge in [0.15, 0.2) is 12.1 Å². The van der Waals surface area contributed by atoms with Gasteiger partial charge in [0.1, 0.15) is 17.3 Å². The number of halogens is 1. The monoisotopic (exact) mass is 348 g/mol. The van der Waals surface area contributed by atoms with Crippen LogP contribution in [0.15, 0.2) is 29.0 Å². The van der Waals surface area contributed by atoms with Crippen LogP contribution in [0.3, 0.4) is 0 Å². The lowest BCUT2D eigenvalue weighted by Gasteiger charge is -2.38. The van der Waals surface area contributed by atoms with Crippen molar-refractivity contribution < 1.29 is 23.4 Å². The highest BCUT2D eigenvalue weighted by Crippen LogP contribution is 2.41. The van der Waals surface area contributed by atoms with Gasteiger partial charge in [-0.05, 0) is 37.0 Å². The van der Waals surface area contributed by atoms with Crippen molar-refractivity contribution in [2.45, 2.75) is 38.3 Å². The summed E-state index contributed by atoms with van der Waals surface area (Å²) < 4.78 is 24.3. The molecule has 1 atom stereocenters. The molecule has 2 N–H and O–H groups in total. The molecule has 7 heteroatoms. The molecular weight excluding hydrogens is 327 g/mol. The van der Waals surface area contributed by atoms with Crippen LogP contribution in [0.5, 0.6) is 5.75 Å². The molecule has 1 heterocycles. The normalized spacial score (nSPS) is 20.6. The number of hydrogen-bond donors (Lipinski definition) is 2. The molecule has 1 aromatic heterocycles. The van der Waals surface area contributed by atoms with Crippen LogP contribution < -0.4 is 10.1 Å². The maximum Gasteiger partial charge on any atom is 0.274 e. The number of aliphatic hydroxyl groups is 1. The number of amides is 1. The standard InChI is InChI=1S/C18H21FN2O4/c1-3-14-17(20-9-25-14)18(23)21-16(10-6-12(22)7-10)13-8-11(19)4-5-15(13)24-2/h4-5,8-10,12,16,22H,3,6-7H2,1-2H3,(H,21,23)/t10?,12?,16-/m0/s1. The molecular formula is C18H21FN2O4. The molecule has 3 rings (SSSR count). The Morgan fingerprint density at radius 3 is 2.92 bits per heavy atom. The zero-order chi connectivity index (χ0) is 18.0. The van der Waals surface area contributed by atoms with Crippen LogP contribution in [-0.4, -0.2) is 29.2 Å². The summed E-state index contributed by atoms with van der Waals surface area (Å²) in [6, 6.07) is 3.72. The lowest BCUT2D eigenvalue weighted by atomic mass is 9.74. The highest BCUT2D eigenvalue weighted by Gasteiger charge is 2.37. The lowest BCUT2D eigenvalue weighted by Crippen LogP contribution is -2.41. The second-order valence-corrected chi connectivity index (χ2v) is 6.20. The van der Waals surface area contributed by atoms with E-state index in [9.17, 15) is 14.3 Å². The molecule has 1 aliphatic rings. The van der Waals surface area contributed by atoms with E-state index in [1.54, 1.807) is 0 Å². The third-order valence-corrected chi connectivity index (χ3v) is 4.61. The Bertz CT molecular complexity index is 755. The van der Waals surface area contributed by atoms with Crippen LogP contribution in [0, 0.1) is 11.7 Å². The average molecular weight is 348 g/mol. The summed E-state index contributed by atoms with van der Waals surface area (Å²) in [4.78, 5) is 16.6. The summed E-state index contributed by atoms with van der Waals surface area (Å²) in [6.07, 6.45) is 2.44. The van der Waals surface area contributed by atoms with E-state index in [1.165, 1.54) is 31.7 Å². The van der Waals surface area contributed by atoms with Crippen molar-refractivity contribution in [1.82, 2.24) is 10.3 Å². The van der Waals surface area contributed by atoms with E-state index in [0.717, 1.165) is 0 Å². The van der Waals surface area contributed by atoms with E-state index in [4.69, 9.17) is 9.15 Å². The molecule has 1 fully saturated rings. The molecule has 6 nitrogen and oxygen atoms in total. The molecule has 0 bridgehead atoms. The van der Waals surface area contributed by atoms with Gasteiger partial charge in [-0.1, -0.05) is 6.92 Å². The quantitative estimate of drug-likeness (QED) is 0.838. The number of carbonyl (C=O) groups excluding carboxylic acids is 1. The first-order valence-corrected chi connectivity index (χ1v) is 8.28. The number of aryl methyl sites for hydroxylation is 1. The van der Waals surface area contributed by atoms with E-state index < -0.39 is 18.0 Å². The van der Waals surface area contributed by atoms with Crippen LogP contribution in [0.25, 0.3) is 0 Å². The Morgan fingerprint density at radius 1 is 1.52 bits per heavy atom. The zero-order valence-corrected chi connectivity index (χ0v) is 14.2. The van der Waals surface area contributed by atoms with Crippen LogP contribution in [0.1, 0.15) is 47.6 Å². The van der Waals surface area contributed by atoms with Crippen LogP contribution in [-0.2, 0) is 6.42 Å². The number of rotatable bonds is 6. The van der Waals surface area contributed by atoms with Crippen molar-refractivity contribution in [1.29, 1.82) is 0 Å². The number of hydrogen-bond acceptors (Lipinski definition) is 5. The number of aliphatic hydroxyl groups excluding tert-OH is 1. The van der Waals surface area contributed by atoms with Gasteiger partial charge in [0.25, 0.3) is 5.91 Å². The molecule has 25 heavy (non-hydrogen) atoms. The van der Waals surface area contributed by atoms with E-state index in [0.29, 0.717) is 36.3 Å². The third-order valence-electron chi connectivity index (χ3n) is 4.61. The number of oxazole rings is 1. The van der Waals surface area contributed by atoms with Crippen molar-refractivity contribution in [3.8, 4) is 5.75 Å². The number of methoxy groups -OCH3 is 1. The Labute approximate surface area is 145 Å². The molecule has 0 unspecified atom stereocenters. The second kappa shape index (κ2) is 7.23. The fourth-order valence-electron chi connectivity index (χ4n) is 3.22. The number of ether oxygens (including phenoxy) is 1. The Kier molecular flexibility index (Phi) is 5.03. The number of benzene rings is 1. The van der Waals surface area contributed by atoms with Crippen LogP contribution in [0.4, 0.5) is 4.39 Å². The van der Waals surface area contributed by atoms with Crippen molar-refractivity contribution in [2.24, 2.45) is 5.92 Å². The average Bonchev–Trinajstić information content (AvgIpc) is 3.06. The largest absolute Gasteiger partial charge is 0.496 e. The fraction of sp³-hybridized carbons (Fsp3) is 0.444. The second-order valence-electron chi connectivity index (χ2n) is 6.20. The van der Waals surface area contributed by atoms with Gasteiger partial charge in [-0.25, -0.2) is 9.37 Å². The number of carbonyl (C=O) groups is 1.